The minimum Gasteiger partial charge on any atom is -0.494 e. The molecule has 0 aromatic heterocycles. The number of benzene rings is 1. The molecule has 2 nitrogen and oxygen atoms in total. The standard InChI is InChI=1S/C14H23NOS/c1-4-9-15-14(11-17-3)12-7-6-8-13(10-12)16-5-2/h6-8,10,14-15H,4-5,9,11H2,1-3H3. The predicted octanol–water partition coefficient (Wildman–Crippen LogP) is 3.49. The molecule has 0 bridgehead atoms. The average molecular weight is 253 g/mol. The average Bonchev–Trinajstić information content (AvgIpc) is 2.35. The van der Waals surface area contributed by atoms with E-state index in [1.54, 1.807) is 0 Å². The van der Waals surface area contributed by atoms with E-state index >= 15 is 0 Å². The van der Waals surface area contributed by atoms with Gasteiger partial charge in [-0.2, -0.15) is 11.8 Å². The molecule has 1 unspecified atom stereocenters. The van der Waals surface area contributed by atoms with Crippen LogP contribution in [0.5, 0.6) is 5.75 Å². The summed E-state index contributed by atoms with van der Waals surface area (Å²) >= 11 is 1.87. The van der Waals surface area contributed by atoms with Gasteiger partial charge in [-0.05, 0) is 43.8 Å². The van der Waals surface area contributed by atoms with Crippen molar-refractivity contribution >= 4 is 11.8 Å². The Bertz CT molecular complexity index is 317. The van der Waals surface area contributed by atoms with E-state index < -0.39 is 0 Å². The van der Waals surface area contributed by atoms with E-state index in [0.29, 0.717) is 6.04 Å². The van der Waals surface area contributed by atoms with Crippen molar-refractivity contribution in [1.29, 1.82) is 0 Å². The lowest BCUT2D eigenvalue weighted by molar-refractivity contribution is 0.339. The van der Waals surface area contributed by atoms with Gasteiger partial charge in [-0.15, -0.1) is 0 Å². The molecule has 0 aliphatic heterocycles. The third kappa shape index (κ3) is 5.00. The zero-order valence-corrected chi connectivity index (χ0v) is 11.8. The first-order valence-electron chi connectivity index (χ1n) is 6.26. The van der Waals surface area contributed by atoms with Crippen LogP contribution in [0.25, 0.3) is 0 Å². The van der Waals surface area contributed by atoms with Crippen LogP contribution in [-0.2, 0) is 0 Å². The van der Waals surface area contributed by atoms with Crippen LogP contribution in [-0.4, -0.2) is 25.2 Å². The molecule has 1 atom stereocenters. The number of ether oxygens (including phenoxy) is 1. The van der Waals surface area contributed by atoms with Crippen LogP contribution in [0.2, 0.25) is 0 Å². The van der Waals surface area contributed by atoms with Crippen LogP contribution < -0.4 is 10.1 Å². The summed E-state index contributed by atoms with van der Waals surface area (Å²) in [5.74, 6) is 2.06. The van der Waals surface area contributed by atoms with Gasteiger partial charge in [-0.25, -0.2) is 0 Å². The predicted molar refractivity (Wildman–Crippen MR) is 77.0 cm³/mol. The maximum atomic E-state index is 5.54. The maximum absolute atomic E-state index is 5.54. The van der Waals surface area contributed by atoms with Gasteiger partial charge in [-0.1, -0.05) is 19.1 Å². The lowest BCUT2D eigenvalue weighted by Gasteiger charge is -2.18. The highest BCUT2D eigenvalue weighted by atomic mass is 32.2. The minimum absolute atomic E-state index is 0.422. The van der Waals surface area contributed by atoms with Crippen LogP contribution in [0.4, 0.5) is 0 Å². The Kier molecular flexibility index (Phi) is 7.13. The molecule has 3 heteroatoms. The Morgan fingerprint density at radius 3 is 2.82 bits per heavy atom. The lowest BCUT2D eigenvalue weighted by atomic mass is 10.1. The molecule has 1 N–H and O–H groups in total. The highest BCUT2D eigenvalue weighted by Crippen LogP contribution is 2.21. The van der Waals surface area contributed by atoms with Crippen molar-refractivity contribution in [3.05, 3.63) is 29.8 Å². The normalized spacial score (nSPS) is 12.4. The first-order valence-corrected chi connectivity index (χ1v) is 7.66. The van der Waals surface area contributed by atoms with Crippen molar-refractivity contribution in [2.45, 2.75) is 26.3 Å². The number of rotatable bonds is 8. The van der Waals surface area contributed by atoms with Crippen LogP contribution in [0.15, 0.2) is 24.3 Å². The summed E-state index contributed by atoms with van der Waals surface area (Å²) in [6, 6.07) is 8.83. The van der Waals surface area contributed by atoms with Crippen molar-refractivity contribution in [1.82, 2.24) is 5.32 Å². The number of nitrogens with one attached hydrogen (secondary N) is 1. The number of hydrogen-bond donors (Lipinski definition) is 1. The Hall–Kier alpha value is -0.670. The van der Waals surface area contributed by atoms with Gasteiger partial charge in [0, 0.05) is 11.8 Å². The van der Waals surface area contributed by atoms with Crippen molar-refractivity contribution in [2.75, 3.05) is 25.2 Å². The van der Waals surface area contributed by atoms with Gasteiger partial charge in [0.05, 0.1) is 6.61 Å². The van der Waals surface area contributed by atoms with Crippen molar-refractivity contribution in [3.8, 4) is 5.75 Å². The van der Waals surface area contributed by atoms with Crippen LogP contribution in [0, 0.1) is 0 Å². The summed E-state index contributed by atoms with van der Waals surface area (Å²) in [6.45, 7) is 5.99. The van der Waals surface area contributed by atoms with Crippen molar-refractivity contribution in [2.24, 2.45) is 0 Å². The number of hydrogen-bond acceptors (Lipinski definition) is 3. The SMILES string of the molecule is CCCNC(CSC)c1cccc(OCC)c1. The van der Waals surface area contributed by atoms with E-state index in [1.165, 1.54) is 5.56 Å². The van der Waals surface area contributed by atoms with Gasteiger partial charge in [0.1, 0.15) is 5.75 Å². The molecule has 0 radical (unpaired) electrons. The molecule has 96 valence electrons. The highest BCUT2D eigenvalue weighted by molar-refractivity contribution is 7.98. The van der Waals surface area contributed by atoms with Gasteiger partial charge in [0.25, 0.3) is 0 Å². The molecule has 0 saturated carbocycles. The zero-order chi connectivity index (χ0) is 12.5. The topological polar surface area (TPSA) is 21.3 Å². The Labute approximate surface area is 109 Å². The highest BCUT2D eigenvalue weighted by Gasteiger charge is 2.10. The van der Waals surface area contributed by atoms with Crippen molar-refractivity contribution < 1.29 is 4.74 Å². The molecule has 1 aromatic carbocycles. The van der Waals surface area contributed by atoms with E-state index in [1.807, 2.05) is 24.8 Å². The Balaban J connectivity index is 2.73. The van der Waals surface area contributed by atoms with Gasteiger partial charge >= 0.3 is 0 Å². The first kappa shape index (κ1) is 14.4. The van der Waals surface area contributed by atoms with Gasteiger partial charge in [0.15, 0.2) is 0 Å². The Morgan fingerprint density at radius 1 is 1.35 bits per heavy atom. The molecular weight excluding hydrogens is 230 g/mol. The van der Waals surface area contributed by atoms with E-state index in [4.69, 9.17) is 4.74 Å². The molecular formula is C14H23NOS. The fourth-order valence-electron chi connectivity index (χ4n) is 1.75. The first-order chi connectivity index (χ1) is 8.31. The fourth-order valence-corrected chi connectivity index (χ4v) is 2.39. The second-order valence-corrected chi connectivity index (χ2v) is 4.88. The lowest BCUT2D eigenvalue weighted by Crippen LogP contribution is -2.24. The van der Waals surface area contributed by atoms with E-state index in [-0.39, 0.29) is 0 Å². The van der Waals surface area contributed by atoms with Gasteiger partial charge in [-0.3, -0.25) is 0 Å². The van der Waals surface area contributed by atoms with Gasteiger partial charge in [0.2, 0.25) is 0 Å². The second kappa shape index (κ2) is 8.43. The molecule has 0 amide bonds. The molecule has 0 spiro atoms. The summed E-state index contributed by atoms with van der Waals surface area (Å²) in [4.78, 5) is 0. The molecule has 17 heavy (non-hydrogen) atoms. The molecule has 0 saturated heterocycles. The molecule has 0 aliphatic rings. The molecule has 1 rings (SSSR count). The zero-order valence-electron chi connectivity index (χ0n) is 11.0. The minimum atomic E-state index is 0.422. The van der Waals surface area contributed by atoms with Gasteiger partial charge < -0.3 is 10.1 Å². The fraction of sp³-hybridized carbons (Fsp3) is 0.571. The maximum Gasteiger partial charge on any atom is 0.119 e. The third-order valence-corrected chi connectivity index (χ3v) is 3.21. The summed E-state index contributed by atoms with van der Waals surface area (Å²) in [5, 5.41) is 3.58. The van der Waals surface area contributed by atoms with E-state index in [2.05, 4.69) is 36.7 Å². The third-order valence-electron chi connectivity index (χ3n) is 2.55. The van der Waals surface area contributed by atoms with Crippen molar-refractivity contribution in [3.63, 3.8) is 0 Å². The quantitative estimate of drug-likeness (QED) is 0.766. The Morgan fingerprint density at radius 2 is 2.18 bits per heavy atom. The largest absolute Gasteiger partial charge is 0.494 e. The second-order valence-electron chi connectivity index (χ2n) is 3.97. The monoisotopic (exact) mass is 253 g/mol. The van der Waals surface area contributed by atoms with Crippen LogP contribution >= 0.6 is 11.8 Å². The number of thioether (sulfide) groups is 1. The molecule has 0 heterocycles. The summed E-state index contributed by atoms with van der Waals surface area (Å²) in [5.41, 5.74) is 1.32. The van der Waals surface area contributed by atoms with E-state index in [0.717, 1.165) is 31.1 Å². The summed E-state index contributed by atoms with van der Waals surface area (Å²) < 4.78 is 5.54. The smallest absolute Gasteiger partial charge is 0.119 e. The van der Waals surface area contributed by atoms with E-state index in [9.17, 15) is 0 Å². The van der Waals surface area contributed by atoms with Crippen LogP contribution in [0.1, 0.15) is 31.9 Å². The van der Waals surface area contributed by atoms with Crippen LogP contribution in [0.3, 0.4) is 0 Å². The molecule has 1 aromatic rings. The summed E-state index contributed by atoms with van der Waals surface area (Å²) in [7, 11) is 0. The molecule has 0 fully saturated rings. The molecule has 0 aliphatic carbocycles. The summed E-state index contributed by atoms with van der Waals surface area (Å²) in [6.07, 6.45) is 3.31.